The molecular formula is C2H5N2O3PS2. The van der Waals surface area contributed by atoms with Crippen LogP contribution in [0.15, 0.2) is 11.6 Å². The van der Waals surface area contributed by atoms with E-state index in [1.807, 2.05) is 5.38 Å². The van der Waals surface area contributed by atoms with Gasteiger partial charge in [0.2, 0.25) is 0 Å². The van der Waals surface area contributed by atoms with Crippen molar-refractivity contribution in [3.8, 4) is 0 Å². The number of hydrogen-bond donors (Lipinski definition) is 3. The predicted molar refractivity (Wildman–Crippen MR) is 40.9 cm³/mol. The molecule has 0 fully saturated rings. The van der Waals surface area contributed by atoms with Crippen molar-refractivity contribution in [1.82, 2.24) is 9.59 Å². The summed E-state index contributed by atoms with van der Waals surface area (Å²) in [5.74, 6) is 0. The van der Waals surface area contributed by atoms with E-state index < -0.39 is 6.72 Å². The molecule has 1 aromatic heterocycles. The first-order valence-electron chi connectivity index (χ1n) is 1.99. The normalized spacial score (nSPS) is 9.90. The standard InChI is InChI=1S/C2H2N2S.H3O3PS/c1-2-5-4-3-1;1-4(2,3)5/h1-2H;(H3,1,2,3,5). The summed E-state index contributed by atoms with van der Waals surface area (Å²) in [7, 11) is 0. The van der Waals surface area contributed by atoms with Gasteiger partial charge in [-0.05, 0) is 23.3 Å². The van der Waals surface area contributed by atoms with Crippen LogP contribution in [-0.2, 0) is 11.8 Å². The molecule has 1 aromatic rings. The molecule has 0 radical (unpaired) electrons. The Kier molecular flexibility index (Phi) is 4.88. The van der Waals surface area contributed by atoms with Crippen molar-refractivity contribution in [3.63, 3.8) is 0 Å². The second-order valence-electron chi connectivity index (χ2n) is 1.10. The van der Waals surface area contributed by atoms with Crippen LogP contribution in [-0.4, -0.2) is 24.3 Å². The van der Waals surface area contributed by atoms with Crippen LogP contribution in [0.25, 0.3) is 0 Å². The maximum absolute atomic E-state index is 7.56. The van der Waals surface area contributed by atoms with E-state index >= 15 is 0 Å². The molecule has 0 bridgehead atoms. The zero-order chi connectivity index (χ0) is 8.04. The summed E-state index contributed by atoms with van der Waals surface area (Å²) in [5, 5.41) is 5.31. The van der Waals surface area contributed by atoms with E-state index in [4.69, 9.17) is 14.7 Å². The molecule has 10 heavy (non-hydrogen) atoms. The molecule has 1 heterocycles. The van der Waals surface area contributed by atoms with Crippen molar-refractivity contribution in [2.24, 2.45) is 0 Å². The number of rotatable bonds is 0. The second kappa shape index (κ2) is 4.84. The van der Waals surface area contributed by atoms with Crippen molar-refractivity contribution < 1.29 is 14.7 Å². The second-order valence-corrected chi connectivity index (χ2v) is 4.24. The monoisotopic (exact) mass is 200 g/mol. The third-order valence-corrected chi connectivity index (χ3v) is 0.715. The van der Waals surface area contributed by atoms with Gasteiger partial charge in [0.15, 0.2) is 0 Å². The Labute approximate surface area is 66.4 Å². The summed E-state index contributed by atoms with van der Waals surface area (Å²) in [6.07, 6.45) is 1.66. The predicted octanol–water partition coefficient (Wildman–Crippen LogP) is -0.274. The van der Waals surface area contributed by atoms with Crippen LogP contribution in [0.1, 0.15) is 0 Å². The zero-order valence-corrected chi connectivity index (χ0v) is 7.18. The molecule has 0 spiro atoms. The molecule has 0 aliphatic heterocycles. The van der Waals surface area contributed by atoms with Gasteiger partial charge in [0, 0.05) is 5.38 Å². The highest BCUT2D eigenvalue weighted by atomic mass is 32.5. The number of aromatic nitrogens is 2. The minimum absolute atomic E-state index is 1.35. The lowest BCUT2D eigenvalue weighted by molar-refractivity contribution is 0.363. The van der Waals surface area contributed by atoms with Crippen molar-refractivity contribution >= 4 is 30.1 Å². The molecule has 0 saturated carbocycles. The first kappa shape index (κ1) is 10.1. The number of nitrogens with zero attached hydrogens (tertiary/aromatic N) is 2. The van der Waals surface area contributed by atoms with E-state index in [1.165, 1.54) is 11.5 Å². The fourth-order valence-electron chi connectivity index (χ4n) is 0.136. The summed E-state index contributed by atoms with van der Waals surface area (Å²) in [5.41, 5.74) is 0. The van der Waals surface area contributed by atoms with Crippen molar-refractivity contribution in [2.75, 3.05) is 0 Å². The third kappa shape index (κ3) is 15.7. The molecule has 8 heteroatoms. The summed E-state index contributed by atoms with van der Waals surface area (Å²) >= 11 is 4.96. The fourth-order valence-corrected chi connectivity index (χ4v) is 0.408. The lowest BCUT2D eigenvalue weighted by Gasteiger charge is -1.88. The maximum atomic E-state index is 7.56. The SMILES string of the molecule is OP(O)(O)=S.c1csnn1. The van der Waals surface area contributed by atoms with Crippen molar-refractivity contribution in [2.45, 2.75) is 0 Å². The molecule has 0 saturated heterocycles. The topological polar surface area (TPSA) is 86.5 Å². The van der Waals surface area contributed by atoms with Gasteiger partial charge >= 0.3 is 6.72 Å². The minimum Gasteiger partial charge on any atom is -0.325 e. The largest absolute Gasteiger partial charge is 0.325 e. The van der Waals surface area contributed by atoms with Gasteiger partial charge in [-0.2, -0.15) is 0 Å². The maximum Gasteiger partial charge on any atom is 0.319 e. The lowest BCUT2D eigenvalue weighted by Crippen LogP contribution is -1.65. The lowest BCUT2D eigenvalue weighted by atomic mass is 11.1. The molecule has 0 amide bonds. The average molecular weight is 200 g/mol. The van der Waals surface area contributed by atoms with E-state index in [2.05, 4.69) is 21.4 Å². The summed E-state index contributed by atoms with van der Waals surface area (Å²) in [6.45, 7) is -3.81. The van der Waals surface area contributed by atoms with E-state index in [0.29, 0.717) is 0 Å². The Morgan fingerprint density at radius 3 is 2.00 bits per heavy atom. The van der Waals surface area contributed by atoms with Gasteiger partial charge in [-0.1, -0.05) is 4.49 Å². The minimum atomic E-state index is -3.81. The van der Waals surface area contributed by atoms with Crippen LogP contribution < -0.4 is 0 Å². The van der Waals surface area contributed by atoms with Crippen LogP contribution in [0.2, 0.25) is 0 Å². The van der Waals surface area contributed by atoms with Crippen LogP contribution in [0.5, 0.6) is 0 Å². The molecule has 1 rings (SSSR count). The van der Waals surface area contributed by atoms with Gasteiger partial charge in [-0.15, -0.1) is 5.10 Å². The van der Waals surface area contributed by atoms with Crippen LogP contribution in [0.4, 0.5) is 0 Å². The first-order chi connectivity index (χ1) is 4.50. The Morgan fingerprint density at radius 1 is 1.40 bits per heavy atom. The van der Waals surface area contributed by atoms with E-state index in [-0.39, 0.29) is 0 Å². The van der Waals surface area contributed by atoms with E-state index in [9.17, 15) is 0 Å². The van der Waals surface area contributed by atoms with Gasteiger partial charge in [-0.25, -0.2) is 0 Å². The summed E-state index contributed by atoms with van der Waals surface area (Å²) in [6, 6.07) is 0. The molecular weight excluding hydrogens is 195 g/mol. The van der Waals surface area contributed by atoms with Gasteiger partial charge in [0.1, 0.15) is 0 Å². The van der Waals surface area contributed by atoms with Crippen LogP contribution in [0, 0.1) is 0 Å². The number of hydrogen-bond acceptors (Lipinski definition) is 4. The van der Waals surface area contributed by atoms with E-state index in [1.54, 1.807) is 6.20 Å². The Hall–Kier alpha value is 0.0900. The highest BCUT2D eigenvalue weighted by Gasteiger charge is 1.92. The first-order valence-corrected chi connectivity index (χ1v) is 5.49. The molecule has 5 nitrogen and oxygen atoms in total. The Balaban J connectivity index is 0.000000162. The fraction of sp³-hybridized carbons (Fsp3) is 0. The summed E-state index contributed by atoms with van der Waals surface area (Å²) in [4.78, 5) is 22.7. The van der Waals surface area contributed by atoms with Crippen molar-refractivity contribution in [1.29, 1.82) is 0 Å². The molecule has 0 aliphatic rings. The van der Waals surface area contributed by atoms with Gasteiger partial charge in [0.25, 0.3) is 0 Å². The van der Waals surface area contributed by atoms with Gasteiger partial charge < -0.3 is 14.7 Å². The zero-order valence-electron chi connectivity index (χ0n) is 4.65. The van der Waals surface area contributed by atoms with E-state index in [0.717, 1.165) is 0 Å². The molecule has 0 atom stereocenters. The van der Waals surface area contributed by atoms with Gasteiger partial charge in [-0.3, -0.25) is 0 Å². The van der Waals surface area contributed by atoms with Crippen molar-refractivity contribution in [3.05, 3.63) is 11.6 Å². The van der Waals surface area contributed by atoms with Gasteiger partial charge in [0.05, 0.1) is 6.20 Å². The highest BCUT2D eigenvalue weighted by Crippen LogP contribution is 2.26. The Morgan fingerprint density at radius 2 is 1.90 bits per heavy atom. The molecule has 3 N–H and O–H groups in total. The highest BCUT2D eigenvalue weighted by molar-refractivity contribution is 8.06. The third-order valence-electron chi connectivity index (χ3n) is 0.283. The smallest absolute Gasteiger partial charge is 0.319 e. The Bertz CT molecular complexity index is 171. The molecule has 58 valence electrons. The summed E-state index contributed by atoms with van der Waals surface area (Å²) < 4.78 is 3.51. The average Bonchev–Trinajstić information content (AvgIpc) is 2.07. The molecule has 0 aromatic carbocycles. The van der Waals surface area contributed by atoms with Crippen LogP contribution in [0.3, 0.4) is 0 Å². The molecule has 0 unspecified atom stereocenters. The molecule has 0 aliphatic carbocycles. The quantitative estimate of drug-likeness (QED) is 0.499. The van der Waals surface area contributed by atoms with Crippen LogP contribution >= 0.6 is 18.3 Å².